The van der Waals surface area contributed by atoms with Crippen LogP contribution in [0.15, 0.2) is 24.4 Å². The van der Waals surface area contributed by atoms with Crippen molar-refractivity contribution in [3.8, 4) is 11.3 Å². The van der Waals surface area contributed by atoms with Gasteiger partial charge in [0.25, 0.3) is 5.91 Å². The highest BCUT2D eigenvalue weighted by Gasteiger charge is 2.29. The molecule has 0 fully saturated rings. The van der Waals surface area contributed by atoms with Gasteiger partial charge in [-0.1, -0.05) is 0 Å². The van der Waals surface area contributed by atoms with Gasteiger partial charge in [0.15, 0.2) is 23.1 Å². The van der Waals surface area contributed by atoms with Crippen molar-refractivity contribution in [3.63, 3.8) is 0 Å². The molecular weight excluding hydrogens is 421 g/mol. The second-order valence-corrected chi connectivity index (χ2v) is 7.89. The van der Waals surface area contributed by atoms with E-state index in [1.807, 2.05) is 6.92 Å². The van der Waals surface area contributed by atoms with Gasteiger partial charge in [0.2, 0.25) is 0 Å². The Morgan fingerprint density at radius 2 is 1.78 bits per heavy atom. The summed E-state index contributed by atoms with van der Waals surface area (Å²) in [5.74, 6) is -4.17. The first-order valence-corrected chi connectivity index (χ1v) is 10.0. The number of benzene rings is 1. The van der Waals surface area contributed by atoms with E-state index >= 15 is 0 Å². The number of fused-ring (bicyclic) bond motifs is 2. The highest BCUT2D eigenvalue weighted by atomic mass is 19.2. The Labute approximate surface area is 181 Å². The van der Waals surface area contributed by atoms with Gasteiger partial charge in [-0.05, 0) is 31.5 Å². The Bertz CT molecular complexity index is 1380. The van der Waals surface area contributed by atoms with E-state index in [-0.39, 0.29) is 18.0 Å². The average Bonchev–Trinajstić information content (AvgIpc) is 3.25. The Balaban J connectivity index is 1.51. The molecular formula is C22H19F3N6O. The van der Waals surface area contributed by atoms with Crippen molar-refractivity contribution in [1.29, 1.82) is 0 Å². The second-order valence-electron chi connectivity index (χ2n) is 7.89. The minimum atomic E-state index is -1.50. The van der Waals surface area contributed by atoms with E-state index in [9.17, 15) is 18.0 Å². The van der Waals surface area contributed by atoms with Crippen molar-refractivity contribution in [2.24, 2.45) is 14.1 Å². The van der Waals surface area contributed by atoms with Gasteiger partial charge in [-0.2, -0.15) is 10.2 Å². The Morgan fingerprint density at radius 1 is 1.06 bits per heavy atom. The third kappa shape index (κ3) is 2.97. The summed E-state index contributed by atoms with van der Waals surface area (Å²) < 4.78 is 44.2. The Hall–Kier alpha value is -3.69. The predicted octanol–water partition coefficient (Wildman–Crippen LogP) is 3.29. The molecule has 0 saturated heterocycles. The van der Waals surface area contributed by atoms with Gasteiger partial charge in [0, 0.05) is 38.0 Å². The van der Waals surface area contributed by atoms with E-state index in [1.54, 1.807) is 35.9 Å². The van der Waals surface area contributed by atoms with Crippen LogP contribution < -0.4 is 0 Å². The minimum Gasteiger partial charge on any atom is -0.332 e. The van der Waals surface area contributed by atoms with E-state index < -0.39 is 17.5 Å². The van der Waals surface area contributed by atoms with Gasteiger partial charge < -0.3 is 4.90 Å². The van der Waals surface area contributed by atoms with Crippen LogP contribution in [0, 0.1) is 24.4 Å². The number of carbonyl (C=O) groups excluding carboxylic acids is 1. The summed E-state index contributed by atoms with van der Waals surface area (Å²) in [6, 6.07) is 3.61. The van der Waals surface area contributed by atoms with Crippen LogP contribution in [-0.4, -0.2) is 41.9 Å². The van der Waals surface area contributed by atoms with E-state index in [0.717, 1.165) is 23.4 Å². The minimum absolute atomic E-state index is 0.162. The zero-order valence-corrected chi connectivity index (χ0v) is 17.7. The van der Waals surface area contributed by atoms with Crippen molar-refractivity contribution in [2.75, 3.05) is 6.54 Å². The SMILES string of the molecule is Cc1nn(C)c2nccc(C(=O)N3CCc4c(nn(C)c4-c4cc(F)c(F)c(F)c4)C3)c12. The van der Waals surface area contributed by atoms with Gasteiger partial charge in [0.05, 0.1) is 34.6 Å². The maximum absolute atomic E-state index is 13.8. The van der Waals surface area contributed by atoms with Crippen molar-refractivity contribution in [3.05, 3.63) is 64.4 Å². The summed E-state index contributed by atoms with van der Waals surface area (Å²) in [4.78, 5) is 19.4. The van der Waals surface area contributed by atoms with Gasteiger partial charge in [-0.3, -0.25) is 14.2 Å². The first kappa shape index (κ1) is 20.2. The van der Waals surface area contributed by atoms with Crippen LogP contribution in [0.25, 0.3) is 22.3 Å². The molecule has 0 saturated carbocycles. The van der Waals surface area contributed by atoms with Gasteiger partial charge in [-0.25, -0.2) is 18.2 Å². The van der Waals surface area contributed by atoms with Crippen molar-refractivity contribution in [1.82, 2.24) is 29.4 Å². The molecule has 0 bridgehead atoms. The fourth-order valence-corrected chi connectivity index (χ4v) is 4.47. The van der Waals surface area contributed by atoms with Crippen LogP contribution in [0.1, 0.15) is 27.3 Å². The highest BCUT2D eigenvalue weighted by molar-refractivity contribution is 6.06. The third-order valence-electron chi connectivity index (χ3n) is 5.88. The molecule has 0 N–H and O–H groups in total. The zero-order valence-electron chi connectivity index (χ0n) is 17.7. The molecule has 3 aromatic heterocycles. The Kier molecular flexibility index (Phi) is 4.54. The van der Waals surface area contributed by atoms with Crippen molar-refractivity contribution >= 4 is 16.9 Å². The lowest BCUT2D eigenvalue weighted by molar-refractivity contribution is 0.0734. The van der Waals surface area contributed by atoms with Gasteiger partial charge >= 0.3 is 0 Å². The lowest BCUT2D eigenvalue weighted by atomic mass is 9.98. The number of aryl methyl sites for hydroxylation is 3. The molecule has 7 nitrogen and oxygen atoms in total. The number of nitrogens with zero attached hydrogens (tertiary/aromatic N) is 6. The topological polar surface area (TPSA) is 68.8 Å². The first-order valence-electron chi connectivity index (χ1n) is 10.0. The summed E-state index contributed by atoms with van der Waals surface area (Å²) >= 11 is 0. The molecule has 1 aliphatic rings. The fourth-order valence-electron chi connectivity index (χ4n) is 4.47. The number of halogens is 3. The average molecular weight is 440 g/mol. The lowest BCUT2D eigenvalue weighted by Crippen LogP contribution is -2.36. The van der Waals surface area contributed by atoms with E-state index in [0.29, 0.717) is 41.0 Å². The molecule has 164 valence electrons. The quantitative estimate of drug-likeness (QED) is 0.449. The van der Waals surface area contributed by atoms with E-state index in [4.69, 9.17) is 0 Å². The summed E-state index contributed by atoms with van der Waals surface area (Å²) in [5, 5.41) is 9.55. The Morgan fingerprint density at radius 3 is 2.50 bits per heavy atom. The van der Waals surface area contributed by atoms with Crippen LogP contribution in [0.2, 0.25) is 0 Å². The molecule has 5 rings (SSSR count). The molecule has 1 aliphatic heterocycles. The summed E-state index contributed by atoms with van der Waals surface area (Å²) in [5.41, 5.74) is 4.02. The number of aromatic nitrogens is 5. The molecule has 0 atom stereocenters. The summed E-state index contributed by atoms with van der Waals surface area (Å²) in [6.45, 7) is 2.48. The van der Waals surface area contributed by atoms with Crippen LogP contribution in [0.3, 0.4) is 0 Å². The molecule has 1 aromatic carbocycles. The van der Waals surface area contributed by atoms with Crippen LogP contribution in [0.4, 0.5) is 13.2 Å². The molecule has 4 aromatic rings. The zero-order chi connectivity index (χ0) is 22.7. The molecule has 0 radical (unpaired) electrons. The van der Waals surface area contributed by atoms with Gasteiger partial charge in [0.1, 0.15) is 0 Å². The number of carbonyl (C=O) groups is 1. The number of amides is 1. The number of pyridine rings is 1. The van der Waals surface area contributed by atoms with Crippen LogP contribution in [0.5, 0.6) is 0 Å². The third-order valence-corrected chi connectivity index (χ3v) is 5.88. The molecule has 32 heavy (non-hydrogen) atoms. The molecule has 4 heterocycles. The standard InChI is InChI=1S/C22H19F3N6O/c1-11-18-14(4-6-26-21(18)30(3)27-11)22(32)31-7-5-13-17(10-31)28-29(2)20(13)12-8-15(23)19(25)16(24)9-12/h4,6,8-9H,5,7,10H2,1-3H3. The highest BCUT2D eigenvalue weighted by Crippen LogP contribution is 2.32. The number of rotatable bonds is 2. The first-order chi connectivity index (χ1) is 15.3. The monoisotopic (exact) mass is 440 g/mol. The molecule has 0 spiro atoms. The van der Waals surface area contributed by atoms with E-state index in [1.165, 1.54) is 4.68 Å². The molecule has 10 heteroatoms. The molecule has 1 amide bonds. The smallest absolute Gasteiger partial charge is 0.255 e. The van der Waals surface area contributed by atoms with Crippen molar-refractivity contribution < 1.29 is 18.0 Å². The van der Waals surface area contributed by atoms with E-state index in [2.05, 4.69) is 15.2 Å². The second kappa shape index (κ2) is 7.18. The van der Waals surface area contributed by atoms with Gasteiger partial charge in [-0.15, -0.1) is 0 Å². The maximum atomic E-state index is 13.8. The molecule has 0 aliphatic carbocycles. The van der Waals surface area contributed by atoms with Crippen LogP contribution in [-0.2, 0) is 27.1 Å². The van der Waals surface area contributed by atoms with Crippen molar-refractivity contribution in [2.45, 2.75) is 19.9 Å². The predicted molar refractivity (Wildman–Crippen MR) is 110 cm³/mol. The number of hydrogen-bond acceptors (Lipinski definition) is 4. The summed E-state index contributed by atoms with van der Waals surface area (Å²) in [6.07, 6.45) is 2.04. The maximum Gasteiger partial charge on any atom is 0.255 e. The normalized spacial score (nSPS) is 13.6. The fraction of sp³-hybridized carbons (Fsp3) is 0.273. The molecule has 0 unspecified atom stereocenters. The van der Waals surface area contributed by atoms with Crippen LogP contribution >= 0.6 is 0 Å². The summed E-state index contributed by atoms with van der Waals surface area (Å²) in [7, 11) is 3.44. The number of hydrogen-bond donors (Lipinski definition) is 0. The largest absolute Gasteiger partial charge is 0.332 e. The lowest BCUT2D eigenvalue weighted by Gasteiger charge is -2.27.